The molecule has 8 heteroatoms. The number of hydrogen-bond acceptors (Lipinski definition) is 5. The van der Waals surface area contributed by atoms with E-state index in [1.54, 1.807) is 55.6 Å². The number of methoxy groups -OCH3 is 1. The van der Waals surface area contributed by atoms with Gasteiger partial charge in [0.2, 0.25) is 5.91 Å². The summed E-state index contributed by atoms with van der Waals surface area (Å²) in [5.74, 6) is 0.537. The lowest BCUT2D eigenvalue weighted by Gasteiger charge is -2.28. The van der Waals surface area contributed by atoms with Crippen molar-refractivity contribution in [1.82, 2.24) is 4.90 Å². The molecule has 3 aromatic carbocycles. The molecular formula is C28H29N3O5. The zero-order valence-electron chi connectivity index (χ0n) is 20.3. The Hall–Kier alpha value is -4.33. The Balaban J connectivity index is 1.55. The van der Waals surface area contributed by atoms with Crippen LogP contribution in [0.1, 0.15) is 18.9 Å². The fourth-order valence-electron chi connectivity index (χ4n) is 4.15. The summed E-state index contributed by atoms with van der Waals surface area (Å²) in [4.78, 5) is 42.4. The maximum Gasteiger partial charge on any atom is 0.322 e. The number of imide groups is 1. The lowest BCUT2D eigenvalue weighted by Crippen LogP contribution is -2.48. The van der Waals surface area contributed by atoms with Crippen molar-refractivity contribution in [3.63, 3.8) is 0 Å². The lowest BCUT2D eigenvalue weighted by atomic mass is 10.1. The van der Waals surface area contributed by atoms with Gasteiger partial charge in [-0.15, -0.1) is 0 Å². The van der Waals surface area contributed by atoms with Gasteiger partial charge in [0.25, 0.3) is 5.91 Å². The standard InChI is InChI=1S/C28H29N3O5/c1-3-36-24-15-11-22(12-16-24)31-26(32)19-25(27(31)33)30(18-17-20-7-5-4-6-8-20)28(34)29-21-9-13-23(35-2)14-10-21/h4-16,25H,3,17-19H2,1-2H3,(H,29,34)/t25-/m0/s1. The minimum Gasteiger partial charge on any atom is -0.497 e. The van der Waals surface area contributed by atoms with Gasteiger partial charge in [-0.1, -0.05) is 30.3 Å². The van der Waals surface area contributed by atoms with E-state index in [-0.39, 0.29) is 18.9 Å². The van der Waals surface area contributed by atoms with Crippen molar-refractivity contribution in [2.75, 3.05) is 30.5 Å². The third-order valence-corrected chi connectivity index (χ3v) is 5.99. The lowest BCUT2D eigenvalue weighted by molar-refractivity contribution is -0.122. The van der Waals surface area contributed by atoms with Gasteiger partial charge in [-0.2, -0.15) is 0 Å². The van der Waals surface area contributed by atoms with E-state index in [9.17, 15) is 14.4 Å². The van der Waals surface area contributed by atoms with Crippen molar-refractivity contribution >= 4 is 29.2 Å². The number of amides is 4. The molecule has 4 amide bonds. The largest absolute Gasteiger partial charge is 0.497 e. The van der Waals surface area contributed by atoms with Crippen LogP contribution in [0.3, 0.4) is 0 Å². The SMILES string of the molecule is CCOc1ccc(N2C(=O)C[C@H](N(CCc3ccccc3)C(=O)Nc3ccc(OC)cc3)C2=O)cc1. The van der Waals surface area contributed by atoms with Gasteiger partial charge in [0.05, 0.1) is 25.8 Å². The van der Waals surface area contributed by atoms with Crippen molar-refractivity contribution in [2.45, 2.75) is 25.8 Å². The van der Waals surface area contributed by atoms with Gasteiger partial charge < -0.3 is 19.7 Å². The number of ether oxygens (including phenoxy) is 2. The maximum atomic E-state index is 13.5. The molecule has 1 N–H and O–H groups in total. The van der Waals surface area contributed by atoms with Crippen LogP contribution in [-0.4, -0.2) is 49.0 Å². The molecule has 0 unspecified atom stereocenters. The first-order valence-electron chi connectivity index (χ1n) is 11.9. The van der Waals surface area contributed by atoms with Crippen molar-refractivity contribution in [3.05, 3.63) is 84.4 Å². The predicted molar refractivity (Wildman–Crippen MR) is 137 cm³/mol. The van der Waals surface area contributed by atoms with Gasteiger partial charge in [0, 0.05) is 12.2 Å². The average Bonchev–Trinajstić information content (AvgIpc) is 3.19. The molecule has 1 atom stereocenters. The highest BCUT2D eigenvalue weighted by atomic mass is 16.5. The van der Waals surface area contributed by atoms with Crippen molar-refractivity contribution in [2.24, 2.45) is 0 Å². The van der Waals surface area contributed by atoms with Crippen LogP contribution in [-0.2, 0) is 16.0 Å². The van der Waals surface area contributed by atoms with Crippen LogP contribution in [0.2, 0.25) is 0 Å². The molecule has 0 aliphatic carbocycles. The summed E-state index contributed by atoms with van der Waals surface area (Å²) < 4.78 is 10.6. The number of carbonyl (C=O) groups excluding carboxylic acids is 3. The first-order valence-corrected chi connectivity index (χ1v) is 11.9. The second-order valence-corrected chi connectivity index (χ2v) is 8.30. The van der Waals surface area contributed by atoms with Crippen molar-refractivity contribution < 1.29 is 23.9 Å². The Kier molecular flexibility index (Phi) is 7.85. The molecule has 0 bridgehead atoms. The highest BCUT2D eigenvalue weighted by molar-refractivity contribution is 6.23. The molecule has 36 heavy (non-hydrogen) atoms. The Bertz CT molecular complexity index is 1200. The molecule has 0 radical (unpaired) electrons. The Labute approximate surface area is 210 Å². The Morgan fingerprint density at radius 3 is 2.28 bits per heavy atom. The number of nitrogens with one attached hydrogen (secondary N) is 1. The van der Waals surface area contributed by atoms with Crippen LogP contribution in [0.4, 0.5) is 16.2 Å². The molecule has 1 fully saturated rings. The first kappa shape index (κ1) is 24.8. The van der Waals surface area contributed by atoms with E-state index in [0.717, 1.165) is 10.5 Å². The van der Waals surface area contributed by atoms with Crippen LogP contribution in [0.15, 0.2) is 78.9 Å². The Morgan fingerprint density at radius 1 is 0.972 bits per heavy atom. The van der Waals surface area contributed by atoms with Crippen LogP contribution in [0.25, 0.3) is 0 Å². The average molecular weight is 488 g/mol. The highest BCUT2D eigenvalue weighted by Gasteiger charge is 2.44. The summed E-state index contributed by atoms with van der Waals surface area (Å²) in [6.07, 6.45) is 0.453. The molecule has 0 aromatic heterocycles. The number of urea groups is 1. The fraction of sp³-hybridized carbons (Fsp3) is 0.250. The van der Waals surface area contributed by atoms with Gasteiger partial charge in [-0.05, 0) is 67.4 Å². The number of rotatable bonds is 9. The van der Waals surface area contributed by atoms with Crippen LogP contribution >= 0.6 is 0 Å². The van der Waals surface area contributed by atoms with Crippen LogP contribution in [0, 0.1) is 0 Å². The van der Waals surface area contributed by atoms with Crippen LogP contribution in [0.5, 0.6) is 11.5 Å². The van der Waals surface area contributed by atoms with Crippen molar-refractivity contribution in [3.8, 4) is 11.5 Å². The van der Waals surface area contributed by atoms with E-state index >= 15 is 0 Å². The summed E-state index contributed by atoms with van der Waals surface area (Å²) in [7, 11) is 1.57. The van der Waals surface area contributed by atoms with E-state index in [4.69, 9.17) is 9.47 Å². The second kappa shape index (κ2) is 11.4. The number of anilines is 2. The van der Waals surface area contributed by atoms with Gasteiger partial charge in [0.15, 0.2) is 0 Å². The maximum absolute atomic E-state index is 13.5. The van der Waals surface area contributed by atoms with E-state index < -0.39 is 18.0 Å². The van der Waals surface area contributed by atoms with E-state index in [2.05, 4.69) is 5.32 Å². The molecule has 3 aromatic rings. The van der Waals surface area contributed by atoms with Crippen molar-refractivity contribution in [1.29, 1.82) is 0 Å². The first-order chi connectivity index (χ1) is 17.5. The summed E-state index contributed by atoms with van der Waals surface area (Å²) >= 11 is 0. The molecule has 4 rings (SSSR count). The van der Waals surface area contributed by atoms with E-state index in [1.165, 1.54) is 4.90 Å². The fourth-order valence-corrected chi connectivity index (χ4v) is 4.15. The molecular weight excluding hydrogens is 458 g/mol. The summed E-state index contributed by atoms with van der Waals surface area (Å²) in [6, 6.07) is 22.1. The van der Waals surface area contributed by atoms with Gasteiger partial charge in [-0.25, -0.2) is 9.69 Å². The third kappa shape index (κ3) is 5.66. The van der Waals surface area contributed by atoms with Gasteiger partial charge in [-0.3, -0.25) is 9.59 Å². The summed E-state index contributed by atoms with van der Waals surface area (Å²) in [6.45, 7) is 2.67. The zero-order chi connectivity index (χ0) is 25.5. The molecule has 1 aliphatic heterocycles. The molecule has 1 aliphatic rings. The molecule has 0 spiro atoms. The normalized spacial score (nSPS) is 15.1. The molecule has 186 valence electrons. The number of hydrogen-bond donors (Lipinski definition) is 1. The number of carbonyl (C=O) groups is 3. The van der Waals surface area contributed by atoms with E-state index in [1.807, 2.05) is 37.3 Å². The molecule has 1 saturated heterocycles. The smallest absolute Gasteiger partial charge is 0.322 e. The molecule has 8 nitrogen and oxygen atoms in total. The number of benzene rings is 3. The highest BCUT2D eigenvalue weighted by Crippen LogP contribution is 2.28. The predicted octanol–water partition coefficient (Wildman–Crippen LogP) is 4.50. The third-order valence-electron chi connectivity index (χ3n) is 5.99. The van der Waals surface area contributed by atoms with Crippen LogP contribution < -0.4 is 19.7 Å². The second-order valence-electron chi connectivity index (χ2n) is 8.30. The quantitative estimate of drug-likeness (QED) is 0.449. The van der Waals surface area contributed by atoms with Gasteiger partial charge in [0.1, 0.15) is 17.5 Å². The Morgan fingerprint density at radius 2 is 1.64 bits per heavy atom. The number of nitrogens with zero attached hydrogens (tertiary/aromatic N) is 2. The minimum atomic E-state index is -0.911. The minimum absolute atomic E-state index is 0.0864. The molecule has 1 heterocycles. The topological polar surface area (TPSA) is 88.2 Å². The molecule has 0 saturated carbocycles. The van der Waals surface area contributed by atoms with E-state index in [0.29, 0.717) is 35.9 Å². The zero-order valence-corrected chi connectivity index (χ0v) is 20.3. The monoisotopic (exact) mass is 487 g/mol. The summed E-state index contributed by atoms with van der Waals surface area (Å²) in [5, 5.41) is 2.85. The van der Waals surface area contributed by atoms with Gasteiger partial charge >= 0.3 is 6.03 Å². The summed E-state index contributed by atoms with van der Waals surface area (Å²) in [5.41, 5.74) is 2.04.